The Morgan fingerprint density at radius 2 is 2.00 bits per heavy atom. The van der Waals surface area contributed by atoms with Gasteiger partial charge in [0, 0.05) is 21.6 Å². The SMILES string of the molecule is COc1cc(OC)c(NC(=O)C2=Cc3sc4c(c3CS2)CC[C@H](C)C4)cc1Cl. The Morgan fingerprint density at radius 1 is 1.21 bits per heavy atom. The summed E-state index contributed by atoms with van der Waals surface area (Å²) in [5.74, 6) is 2.48. The van der Waals surface area contributed by atoms with Crippen LogP contribution in [-0.4, -0.2) is 20.1 Å². The Balaban J connectivity index is 1.59. The first kappa shape index (κ1) is 19.7. The zero-order chi connectivity index (χ0) is 19.8. The van der Waals surface area contributed by atoms with Crippen molar-refractivity contribution in [1.29, 1.82) is 0 Å². The molecule has 1 aliphatic carbocycles. The molecule has 1 amide bonds. The van der Waals surface area contributed by atoms with E-state index in [0.29, 0.717) is 27.1 Å². The zero-order valence-electron chi connectivity index (χ0n) is 16.1. The quantitative estimate of drug-likeness (QED) is 0.662. The lowest BCUT2D eigenvalue weighted by Crippen LogP contribution is -2.15. The molecule has 2 heterocycles. The predicted molar refractivity (Wildman–Crippen MR) is 118 cm³/mol. The van der Waals surface area contributed by atoms with Crippen molar-refractivity contribution in [3.05, 3.63) is 42.9 Å². The molecule has 4 rings (SSSR count). The molecule has 2 aromatic rings. The van der Waals surface area contributed by atoms with Gasteiger partial charge in [-0.25, -0.2) is 0 Å². The van der Waals surface area contributed by atoms with E-state index in [1.54, 1.807) is 38.1 Å². The third kappa shape index (κ3) is 3.65. The molecule has 1 atom stereocenters. The summed E-state index contributed by atoms with van der Waals surface area (Å²) in [6.07, 6.45) is 5.62. The van der Waals surface area contributed by atoms with Gasteiger partial charge in [0.05, 0.1) is 29.8 Å². The van der Waals surface area contributed by atoms with Crippen LogP contribution in [0.5, 0.6) is 11.5 Å². The molecule has 4 nitrogen and oxygen atoms in total. The Labute approximate surface area is 178 Å². The van der Waals surface area contributed by atoms with Gasteiger partial charge in [-0.05, 0) is 48.4 Å². The third-order valence-electron chi connectivity index (χ3n) is 5.23. The first-order valence-electron chi connectivity index (χ1n) is 9.21. The Bertz CT molecular complexity index is 967. The average molecular weight is 436 g/mol. The van der Waals surface area contributed by atoms with Crippen LogP contribution in [0, 0.1) is 5.92 Å². The number of rotatable bonds is 4. The van der Waals surface area contributed by atoms with Crippen molar-refractivity contribution in [2.24, 2.45) is 5.92 Å². The number of amides is 1. The van der Waals surface area contributed by atoms with Crippen molar-refractivity contribution in [1.82, 2.24) is 0 Å². The van der Waals surface area contributed by atoms with Gasteiger partial charge in [-0.1, -0.05) is 18.5 Å². The highest BCUT2D eigenvalue weighted by Gasteiger charge is 2.27. The van der Waals surface area contributed by atoms with Crippen molar-refractivity contribution >= 4 is 52.4 Å². The molecule has 2 aliphatic rings. The van der Waals surface area contributed by atoms with Crippen molar-refractivity contribution in [3.63, 3.8) is 0 Å². The van der Waals surface area contributed by atoms with E-state index in [9.17, 15) is 4.79 Å². The first-order chi connectivity index (χ1) is 13.5. The Morgan fingerprint density at radius 3 is 2.75 bits per heavy atom. The van der Waals surface area contributed by atoms with Crippen LogP contribution in [0.4, 0.5) is 5.69 Å². The minimum Gasteiger partial charge on any atom is -0.495 e. The number of hydrogen-bond acceptors (Lipinski definition) is 5. The van der Waals surface area contributed by atoms with Gasteiger partial charge >= 0.3 is 0 Å². The molecule has 28 heavy (non-hydrogen) atoms. The van der Waals surface area contributed by atoms with E-state index in [2.05, 4.69) is 12.2 Å². The van der Waals surface area contributed by atoms with E-state index in [4.69, 9.17) is 21.1 Å². The van der Waals surface area contributed by atoms with Gasteiger partial charge in [-0.15, -0.1) is 23.1 Å². The highest BCUT2D eigenvalue weighted by Crippen LogP contribution is 2.44. The van der Waals surface area contributed by atoms with Gasteiger partial charge in [0.15, 0.2) is 0 Å². The maximum absolute atomic E-state index is 12.9. The van der Waals surface area contributed by atoms with Crippen LogP contribution in [0.15, 0.2) is 17.0 Å². The number of halogens is 1. The predicted octanol–water partition coefficient (Wildman–Crippen LogP) is 5.77. The number of thioether (sulfide) groups is 1. The molecule has 1 aromatic carbocycles. The number of carbonyl (C=O) groups excluding carboxylic acids is 1. The summed E-state index contributed by atoms with van der Waals surface area (Å²) in [5.41, 5.74) is 3.49. The summed E-state index contributed by atoms with van der Waals surface area (Å²) < 4.78 is 10.6. The molecule has 0 saturated heterocycles. The van der Waals surface area contributed by atoms with Crippen molar-refractivity contribution < 1.29 is 14.3 Å². The summed E-state index contributed by atoms with van der Waals surface area (Å²) in [4.78, 5) is 16.3. The van der Waals surface area contributed by atoms with E-state index < -0.39 is 0 Å². The molecule has 0 spiro atoms. The van der Waals surface area contributed by atoms with E-state index in [-0.39, 0.29) is 5.91 Å². The van der Waals surface area contributed by atoms with E-state index in [1.165, 1.54) is 33.7 Å². The molecule has 0 bridgehead atoms. The maximum atomic E-state index is 12.9. The number of fused-ring (bicyclic) bond motifs is 3. The van der Waals surface area contributed by atoms with Crippen LogP contribution >= 0.6 is 34.7 Å². The zero-order valence-corrected chi connectivity index (χ0v) is 18.4. The standard InChI is InChI=1S/C21H22ClNO3S2/c1-11-4-5-12-13-10-27-20(9-19(13)28-18(12)6-11)21(24)23-15-7-14(22)16(25-2)8-17(15)26-3/h7-9,11H,4-6,10H2,1-3H3,(H,23,24)/t11-/m0/s1. The van der Waals surface area contributed by atoms with Crippen LogP contribution in [0.25, 0.3) is 6.08 Å². The molecule has 0 fully saturated rings. The monoisotopic (exact) mass is 435 g/mol. The molecule has 1 aromatic heterocycles. The topological polar surface area (TPSA) is 47.6 Å². The second-order valence-electron chi connectivity index (χ2n) is 7.13. The minimum atomic E-state index is -0.144. The fourth-order valence-electron chi connectivity index (χ4n) is 3.70. The first-order valence-corrected chi connectivity index (χ1v) is 11.4. The smallest absolute Gasteiger partial charge is 0.262 e. The van der Waals surface area contributed by atoms with Crippen LogP contribution < -0.4 is 14.8 Å². The van der Waals surface area contributed by atoms with Gasteiger partial charge in [0.1, 0.15) is 11.5 Å². The number of ether oxygens (including phenoxy) is 2. The van der Waals surface area contributed by atoms with Crippen LogP contribution in [-0.2, 0) is 23.4 Å². The summed E-state index contributed by atoms with van der Waals surface area (Å²) in [7, 11) is 3.09. The van der Waals surface area contributed by atoms with Crippen LogP contribution in [0.1, 0.15) is 34.2 Å². The summed E-state index contributed by atoms with van der Waals surface area (Å²) in [5, 5.41) is 3.36. The summed E-state index contributed by atoms with van der Waals surface area (Å²) in [6.45, 7) is 2.32. The molecule has 0 unspecified atom stereocenters. The van der Waals surface area contributed by atoms with Gasteiger partial charge in [0.25, 0.3) is 5.91 Å². The third-order valence-corrected chi connectivity index (χ3v) is 7.82. The number of carbonyl (C=O) groups is 1. The van der Waals surface area contributed by atoms with E-state index >= 15 is 0 Å². The number of hydrogen-bond donors (Lipinski definition) is 1. The van der Waals surface area contributed by atoms with Gasteiger partial charge in [-0.2, -0.15) is 0 Å². The molecule has 1 aliphatic heterocycles. The van der Waals surface area contributed by atoms with Crippen molar-refractivity contribution in [2.75, 3.05) is 19.5 Å². The molecule has 148 valence electrons. The number of anilines is 1. The van der Waals surface area contributed by atoms with E-state index in [0.717, 1.165) is 18.1 Å². The number of methoxy groups -OCH3 is 2. The van der Waals surface area contributed by atoms with Crippen LogP contribution in [0.2, 0.25) is 5.02 Å². The number of thiophene rings is 1. The number of nitrogens with one attached hydrogen (secondary N) is 1. The molecule has 0 saturated carbocycles. The molecule has 7 heteroatoms. The summed E-state index contributed by atoms with van der Waals surface area (Å²) >= 11 is 9.66. The Hall–Kier alpha value is -1.63. The van der Waals surface area contributed by atoms with Crippen molar-refractivity contribution in [3.8, 4) is 11.5 Å². The number of benzene rings is 1. The highest BCUT2D eigenvalue weighted by atomic mass is 35.5. The lowest BCUT2D eigenvalue weighted by molar-refractivity contribution is -0.112. The second-order valence-corrected chi connectivity index (χ2v) is 9.69. The van der Waals surface area contributed by atoms with Crippen molar-refractivity contribution in [2.45, 2.75) is 31.9 Å². The molecule has 0 radical (unpaired) electrons. The largest absolute Gasteiger partial charge is 0.495 e. The summed E-state index contributed by atoms with van der Waals surface area (Å²) in [6, 6.07) is 3.33. The fourth-order valence-corrected chi connectivity index (χ4v) is 6.59. The molecular weight excluding hydrogens is 414 g/mol. The lowest BCUT2D eigenvalue weighted by Gasteiger charge is -2.20. The van der Waals surface area contributed by atoms with Crippen LogP contribution in [0.3, 0.4) is 0 Å². The highest BCUT2D eigenvalue weighted by molar-refractivity contribution is 8.03. The molecule has 1 N–H and O–H groups in total. The normalized spacial score (nSPS) is 18.0. The minimum absolute atomic E-state index is 0.144. The Kier molecular flexibility index (Phi) is 5.63. The van der Waals surface area contributed by atoms with Gasteiger partial charge in [0.2, 0.25) is 0 Å². The second kappa shape index (κ2) is 8.01. The fraction of sp³-hybridized carbons (Fsp3) is 0.381. The van der Waals surface area contributed by atoms with Gasteiger partial charge in [-0.3, -0.25) is 4.79 Å². The van der Waals surface area contributed by atoms with Gasteiger partial charge < -0.3 is 14.8 Å². The van der Waals surface area contributed by atoms with E-state index in [1.807, 2.05) is 17.4 Å². The average Bonchev–Trinajstić information content (AvgIpc) is 3.04. The maximum Gasteiger partial charge on any atom is 0.262 e. The lowest BCUT2D eigenvalue weighted by atomic mass is 9.88. The molecular formula is C21H22ClNO3S2.